The van der Waals surface area contributed by atoms with Crippen LogP contribution in [-0.2, 0) is 9.47 Å². The van der Waals surface area contributed by atoms with Gasteiger partial charge in [-0.25, -0.2) is 0 Å². The molecule has 0 amide bonds. The van der Waals surface area contributed by atoms with Crippen molar-refractivity contribution in [1.29, 1.82) is 0 Å². The lowest BCUT2D eigenvalue weighted by molar-refractivity contribution is -0.386. The number of methoxy groups -OCH3 is 2. The Morgan fingerprint density at radius 1 is 1.40 bits per heavy atom. The van der Waals surface area contributed by atoms with Gasteiger partial charge in [0.15, 0.2) is 12.5 Å². The number of nitro benzene ring substituents is 1. The van der Waals surface area contributed by atoms with Crippen LogP contribution in [0.25, 0.3) is 0 Å². The van der Waals surface area contributed by atoms with E-state index in [1.807, 2.05) is 0 Å². The molecule has 8 heteroatoms. The third kappa shape index (κ3) is 3.49. The Morgan fingerprint density at radius 2 is 2.15 bits per heavy atom. The topological polar surface area (TPSA) is 92.6 Å². The van der Waals surface area contributed by atoms with Crippen molar-refractivity contribution in [3.8, 4) is 17.2 Å². The molecule has 1 aliphatic rings. The normalized spacial score (nSPS) is 16.6. The second-order valence-corrected chi connectivity index (χ2v) is 4.05. The van der Waals surface area contributed by atoms with Gasteiger partial charge < -0.3 is 23.7 Å². The van der Waals surface area contributed by atoms with E-state index >= 15 is 0 Å². The van der Waals surface area contributed by atoms with Gasteiger partial charge in [0.1, 0.15) is 18.5 Å². The minimum atomic E-state index is -0.562. The summed E-state index contributed by atoms with van der Waals surface area (Å²) in [6.07, 6.45) is 0.0597. The van der Waals surface area contributed by atoms with Crippen molar-refractivity contribution in [1.82, 2.24) is 0 Å². The molecule has 1 aromatic carbocycles. The second-order valence-electron chi connectivity index (χ2n) is 4.05. The van der Waals surface area contributed by atoms with Gasteiger partial charge in [-0.05, 0) is 0 Å². The zero-order valence-electron chi connectivity index (χ0n) is 11.2. The maximum atomic E-state index is 11.1. The smallest absolute Gasteiger partial charge is 0.318 e. The molecule has 0 radical (unpaired) electrons. The molecule has 2 rings (SSSR count). The molecule has 1 atom stereocenters. The van der Waals surface area contributed by atoms with Crippen LogP contribution in [0.5, 0.6) is 17.2 Å². The number of benzene rings is 1. The van der Waals surface area contributed by atoms with E-state index in [-0.39, 0.29) is 30.1 Å². The minimum absolute atomic E-state index is 0.00868. The molecule has 8 nitrogen and oxygen atoms in total. The standard InChI is InChI=1S/C12H15NO7/c1-16-7-20-12-10(13(14)15)3-8(4-11(12)17-2)18-5-9-6-19-9/h3-4,9H,5-7H2,1-2H3. The van der Waals surface area contributed by atoms with Crippen molar-refractivity contribution in [2.24, 2.45) is 0 Å². The predicted octanol–water partition coefficient (Wildman–Crippen LogP) is 1.36. The molecule has 1 unspecified atom stereocenters. The summed E-state index contributed by atoms with van der Waals surface area (Å²) in [4.78, 5) is 10.5. The van der Waals surface area contributed by atoms with Crippen molar-refractivity contribution in [3.05, 3.63) is 22.2 Å². The number of hydrogen-bond donors (Lipinski definition) is 0. The quantitative estimate of drug-likeness (QED) is 0.308. The molecule has 1 fully saturated rings. The molecule has 0 bridgehead atoms. The fourth-order valence-electron chi connectivity index (χ4n) is 1.55. The van der Waals surface area contributed by atoms with Crippen molar-refractivity contribution < 1.29 is 28.6 Å². The maximum Gasteiger partial charge on any atom is 0.318 e. The van der Waals surface area contributed by atoms with Gasteiger partial charge in [-0.1, -0.05) is 0 Å². The van der Waals surface area contributed by atoms with Crippen LogP contribution in [0.3, 0.4) is 0 Å². The lowest BCUT2D eigenvalue weighted by Crippen LogP contribution is -2.07. The molecule has 1 saturated heterocycles. The van der Waals surface area contributed by atoms with Crippen LogP contribution < -0.4 is 14.2 Å². The van der Waals surface area contributed by atoms with Crippen LogP contribution in [0, 0.1) is 10.1 Å². The minimum Gasteiger partial charge on any atom is -0.492 e. The van der Waals surface area contributed by atoms with Crippen LogP contribution in [-0.4, -0.2) is 45.3 Å². The zero-order chi connectivity index (χ0) is 14.5. The Bertz CT molecular complexity index is 487. The number of nitrogens with zero attached hydrogens (tertiary/aromatic N) is 1. The highest BCUT2D eigenvalue weighted by atomic mass is 16.7. The molecule has 0 N–H and O–H groups in total. The molecule has 20 heavy (non-hydrogen) atoms. The second kappa shape index (κ2) is 6.40. The highest BCUT2D eigenvalue weighted by Gasteiger charge is 2.26. The highest BCUT2D eigenvalue weighted by molar-refractivity contribution is 5.60. The van der Waals surface area contributed by atoms with Gasteiger partial charge in [0, 0.05) is 13.2 Å². The summed E-state index contributed by atoms with van der Waals surface area (Å²) in [6, 6.07) is 2.82. The number of hydrogen-bond acceptors (Lipinski definition) is 7. The first-order valence-electron chi connectivity index (χ1n) is 5.88. The average Bonchev–Trinajstić information content (AvgIpc) is 3.26. The van der Waals surface area contributed by atoms with E-state index in [2.05, 4.69) is 0 Å². The third-order valence-corrected chi connectivity index (χ3v) is 2.58. The van der Waals surface area contributed by atoms with Crippen LogP contribution in [0.2, 0.25) is 0 Å². The molecular formula is C12H15NO7. The summed E-state index contributed by atoms with van der Waals surface area (Å²) in [7, 11) is 2.82. The van der Waals surface area contributed by atoms with E-state index < -0.39 is 4.92 Å². The number of epoxide rings is 1. The SMILES string of the molecule is COCOc1c(OC)cc(OCC2CO2)cc1[N+](=O)[O-]. The molecule has 1 heterocycles. The van der Waals surface area contributed by atoms with E-state index in [0.717, 1.165) is 0 Å². The Labute approximate surface area is 115 Å². The fraction of sp³-hybridized carbons (Fsp3) is 0.500. The van der Waals surface area contributed by atoms with E-state index in [9.17, 15) is 10.1 Å². The van der Waals surface area contributed by atoms with E-state index in [1.165, 1.54) is 26.4 Å². The molecule has 1 aliphatic heterocycles. The fourth-order valence-corrected chi connectivity index (χ4v) is 1.55. The first kappa shape index (κ1) is 14.4. The first-order valence-corrected chi connectivity index (χ1v) is 5.88. The van der Waals surface area contributed by atoms with Crippen LogP contribution in [0.15, 0.2) is 12.1 Å². The Balaban J connectivity index is 2.26. The van der Waals surface area contributed by atoms with Gasteiger partial charge in [0.2, 0.25) is 5.75 Å². The van der Waals surface area contributed by atoms with Crippen LogP contribution >= 0.6 is 0 Å². The van der Waals surface area contributed by atoms with Crippen LogP contribution in [0.4, 0.5) is 5.69 Å². The number of nitro groups is 1. The summed E-state index contributed by atoms with van der Waals surface area (Å²) in [5.41, 5.74) is -0.242. The Morgan fingerprint density at radius 3 is 2.70 bits per heavy atom. The summed E-state index contributed by atoms with van der Waals surface area (Å²) in [5, 5.41) is 11.1. The lowest BCUT2D eigenvalue weighted by atomic mass is 10.2. The van der Waals surface area contributed by atoms with Gasteiger partial charge in [0.05, 0.1) is 24.7 Å². The molecule has 0 spiro atoms. The third-order valence-electron chi connectivity index (χ3n) is 2.58. The number of ether oxygens (including phenoxy) is 5. The Kier molecular flexibility index (Phi) is 4.59. The van der Waals surface area contributed by atoms with Crippen molar-refractivity contribution in [2.75, 3.05) is 34.2 Å². The summed E-state index contributed by atoms with van der Waals surface area (Å²) >= 11 is 0. The molecular weight excluding hydrogens is 270 g/mol. The van der Waals surface area contributed by atoms with Crippen LogP contribution in [0.1, 0.15) is 0 Å². The summed E-state index contributed by atoms with van der Waals surface area (Å²) < 4.78 is 25.5. The molecule has 110 valence electrons. The van der Waals surface area contributed by atoms with Gasteiger partial charge in [-0.3, -0.25) is 10.1 Å². The number of rotatable bonds is 8. The zero-order valence-corrected chi connectivity index (χ0v) is 11.2. The van der Waals surface area contributed by atoms with Crippen molar-refractivity contribution >= 4 is 5.69 Å². The molecule has 1 aromatic rings. The van der Waals surface area contributed by atoms with E-state index in [1.54, 1.807) is 0 Å². The molecule has 0 saturated carbocycles. The molecule has 0 aliphatic carbocycles. The average molecular weight is 285 g/mol. The Hall–Kier alpha value is -2.06. The first-order chi connectivity index (χ1) is 9.65. The van der Waals surface area contributed by atoms with E-state index in [0.29, 0.717) is 19.0 Å². The largest absolute Gasteiger partial charge is 0.492 e. The highest BCUT2D eigenvalue weighted by Crippen LogP contribution is 2.41. The summed E-state index contributed by atoms with van der Waals surface area (Å²) in [5.74, 6) is 0.547. The predicted molar refractivity (Wildman–Crippen MR) is 67.4 cm³/mol. The van der Waals surface area contributed by atoms with E-state index in [4.69, 9.17) is 23.7 Å². The monoisotopic (exact) mass is 285 g/mol. The van der Waals surface area contributed by atoms with Gasteiger partial charge in [-0.2, -0.15) is 0 Å². The lowest BCUT2D eigenvalue weighted by Gasteiger charge is -2.12. The van der Waals surface area contributed by atoms with Gasteiger partial charge in [0.25, 0.3) is 0 Å². The van der Waals surface area contributed by atoms with Crippen molar-refractivity contribution in [3.63, 3.8) is 0 Å². The summed E-state index contributed by atoms with van der Waals surface area (Å²) in [6.45, 7) is 0.875. The van der Waals surface area contributed by atoms with Gasteiger partial charge in [-0.15, -0.1) is 0 Å². The molecule has 0 aromatic heterocycles. The van der Waals surface area contributed by atoms with Crippen molar-refractivity contribution in [2.45, 2.75) is 6.10 Å². The maximum absolute atomic E-state index is 11.1. The van der Waals surface area contributed by atoms with Gasteiger partial charge >= 0.3 is 5.69 Å².